The molecule has 0 aliphatic rings. The number of halogens is 1. The Morgan fingerprint density at radius 1 is 0.926 bits per heavy atom. The highest BCUT2D eigenvalue weighted by atomic mass is 19.1. The Bertz CT molecular complexity index is 557. The molecule has 0 heterocycles. The lowest BCUT2D eigenvalue weighted by molar-refractivity contribution is -0.144. The number of carbonyl (C=O) groups is 2. The molecule has 0 saturated carbocycles. The number of esters is 2. The maximum Gasteiger partial charge on any atom is 0.311 e. The summed E-state index contributed by atoms with van der Waals surface area (Å²) in [5.41, 5.74) is 0. The van der Waals surface area contributed by atoms with E-state index >= 15 is 0 Å². The maximum atomic E-state index is 13.0. The summed E-state index contributed by atoms with van der Waals surface area (Å²) in [7, 11) is 0. The fourth-order valence-electron chi connectivity index (χ4n) is 2.71. The summed E-state index contributed by atoms with van der Waals surface area (Å²) < 4.78 is 23.3. The Labute approximate surface area is 162 Å². The Morgan fingerprint density at radius 3 is 2.19 bits per heavy atom. The van der Waals surface area contributed by atoms with Gasteiger partial charge in [-0.1, -0.05) is 45.6 Å². The predicted molar refractivity (Wildman–Crippen MR) is 104 cm³/mol. The minimum absolute atomic E-state index is 0.0983. The van der Waals surface area contributed by atoms with Crippen molar-refractivity contribution in [1.29, 1.82) is 0 Å². The van der Waals surface area contributed by atoms with E-state index in [0.29, 0.717) is 25.4 Å². The van der Waals surface area contributed by atoms with E-state index in [9.17, 15) is 14.0 Å². The van der Waals surface area contributed by atoms with Crippen LogP contribution in [0.2, 0.25) is 0 Å². The largest absolute Gasteiger partial charge is 0.466 e. The molecule has 1 aromatic carbocycles. The summed E-state index contributed by atoms with van der Waals surface area (Å²) in [5.74, 6) is 0.0439. The van der Waals surface area contributed by atoms with Crippen LogP contribution in [0.3, 0.4) is 0 Å². The molecule has 0 N–H and O–H groups in total. The third-order valence-corrected chi connectivity index (χ3v) is 4.23. The average molecular weight is 380 g/mol. The van der Waals surface area contributed by atoms with Crippen LogP contribution in [0.4, 0.5) is 4.39 Å². The first-order valence-corrected chi connectivity index (χ1v) is 10.1. The van der Waals surface area contributed by atoms with Crippen LogP contribution in [0, 0.1) is 11.7 Å². The van der Waals surface area contributed by atoms with Crippen molar-refractivity contribution in [2.45, 2.75) is 78.1 Å². The SMILES string of the molecule is CC(C)CCCOC(=O)CCCCCCCCC(=O)Oc1cccc(F)c1. The zero-order valence-electron chi connectivity index (χ0n) is 16.7. The van der Waals surface area contributed by atoms with Gasteiger partial charge in [-0.05, 0) is 43.7 Å². The minimum atomic E-state index is -0.417. The lowest BCUT2D eigenvalue weighted by Gasteiger charge is -2.06. The van der Waals surface area contributed by atoms with Gasteiger partial charge in [0.1, 0.15) is 11.6 Å². The number of benzene rings is 1. The van der Waals surface area contributed by atoms with Crippen LogP contribution < -0.4 is 4.74 Å². The molecule has 0 bridgehead atoms. The van der Waals surface area contributed by atoms with Crippen LogP contribution >= 0.6 is 0 Å². The fourth-order valence-corrected chi connectivity index (χ4v) is 2.71. The third-order valence-electron chi connectivity index (χ3n) is 4.23. The first-order valence-electron chi connectivity index (χ1n) is 10.1. The van der Waals surface area contributed by atoms with E-state index in [1.165, 1.54) is 18.2 Å². The van der Waals surface area contributed by atoms with Crippen molar-refractivity contribution in [3.8, 4) is 5.75 Å². The smallest absolute Gasteiger partial charge is 0.311 e. The third kappa shape index (κ3) is 13.0. The van der Waals surface area contributed by atoms with Crippen molar-refractivity contribution in [2.24, 2.45) is 5.92 Å². The van der Waals surface area contributed by atoms with E-state index in [4.69, 9.17) is 9.47 Å². The second-order valence-corrected chi connectivity index (χ2v) is 7.31. The highest BCUT2D eigenvalue weighted by molar-refractivity contribution is 5.72. The van der Waals surface area contributed by atoms with E-state index in [1.807, 2.05) is 0 Å². The summed E-state index contributed by atoms with van der Waals surface area (Å²) in [4.78, 5) is 23.3. The van der Waals surface area contributed by atoms with Crippen molar-refractivity contribution < 1.29 is 23.5 Å². The molecule has 0 amide bonds. The van der Waals surface area contributed by atoms with Crippen molar-refractivity contribution in [3.05, 3.63) is 30.1 Å². The molecule has 0 unspecified atom stereocenters. The second kappa shape index (κ2) is 14.2. The standard InChI is InChI=1S/C22H33FO4/c1-18(2)11-10-16-26-21(24)14-7-5-3-4-6-8-15-22(25)27-20-13-9-12-19(23)17-20/h9,12-13,17-18H,3-8,10-11,14-16H2,1-2H3. The van der Waals surface area contributed by atoms with Gasteiger partial charge in [-0.25, -0.2) is 4.39 Å². The molecule has 152 valence electrons. The van der Waals surface area contributed by atoms with Crippen LogP contribution in [0.1, 0.15) is 78.1 Å². The molecule has 4 nitrogen and oxygen atoms in total. The minimum Gasteiger partial charge on any atom is -0.466 e. The molecule has 0 spiro atoms. The van der Waals surface area contributed by atoms with Gasteiger partial charge in [0.15, 0.2) is 0 Å². The van der Waals surface area contributed by atoms with Crippen LogP contribution in [0.25, 0.3) is 0 Å². The molecule has 1 rings (SSSR count). The fraction of sp³-hybridized carbons (Fsp3) is 0.636. The van der Waals surface area contributed by atoms with Gasteiger partial charge in [-0.2, -0.15) is 0 Å². The van der Waals surface area contributed by atoms with Crippen molar-refractivity contribution in [3.63, 3.8) is 0 Å². The first kappa shape index (κ1) is 23.1. The molecule has 0 fully saturated rings. The Balaban J connectivity index is 1.92. The van der Waals surface area contributed by atoms with Crippen LogP contribution in [0.5, 0.6) is 5.75 Å². The molecule has 5 heteroatoms. The predicted octanol–water partition coefficient (Wildman–Crippen LogP) is 5.83. The molecule has 1 aromatic rings. The van der Waals surface area contributed by atoms with Gasteiger partial charge < -0.3 is 9.47 Å². The molecule has 27 heavy (non-hydrogen) atoms. The molecular weight excluding hydrogens is 347 g/mol. The quantitative estimate of drug-likeness (QED) is 0.231. The molecule has 0 radical (unpaired) electrons. The summed E-state index contributed by atoms with van der Waals surface area (Å²) in [5, 5.41) is 0. The number of rotatable bonds is 14. The zero-order chi connectivity index (χ0) is 19.9. The number of carbonyl (C=O) groups excluding carboxylic acids is 2. The van der Waals surface area contributed by atoms with Crippen molar-refractivity contribution in [2.75, 3.05) is 6.61 Å². The summed E-state index contributed by atoms with van der Waals surface area (Å²) in [6.07, 6.45) is 8.45. The second-order valence-electron chi connectivity index (χ2n) is 7.31. The summed E-state index contributed by atoms with van der Waals surface area (Å²) in [6, 6.07) is 5.59. The van der Waals surface area contributed by atoms with Gasteiger partial charge in [0.05, 0.1) is 6.61 Å². The Kier molecular flexibility index (Phi) is 12.2. The highest BCUT2D eigenvalue weighted by Gasteiger charge is 2.06. The van der Waals surface area contributed by atoms with Crippen LogP contribution in [-0.4, -0.2) is 18.5 Å². The molecule has 0 atom stereocenters. The number of hydrogen-bond donors (Lipinski definition) is 0. The summed E-state index contributed by atoms with van der Waals surface area (Å²) in [6.45, 7) is 4.85. The molecule has 0 aliphatic heterocycles. The molecular formula is C22H33FO4. The zero-order valence-corrected chi connectivity index (χ0v) is 16.7. The summed E-state index contributed by atoms with van der Waals surface area (Å²) >= 11 is 0. The number of unbranched alkanes of at least 4 members (excludes halogenated alkanes) is 5. The van der Waals surface area contributed by atoms with Crippen LogP contribution in [-0.2, 0) is 14.3 Å². The van der Waals surface area contributed by atoms with Gasteiger partial charge >= 0.3 is 11.9 Å². The normalized spacial score (nSPS) is 10.8. The highest BCUT2D eigenvalue weighted by Crippen LogP contribution is 2.14. The molecule has 0 aromatic heterocycles. The number of hydrogen-bond acceptors (Lipinski definition) is 4. The molecule has 0 aliphatic carbocycles. The average Bonchev–Trinajstić information content (AvgIpc) is 2.61. The van der Waals surface area contributed by atoms with E-state index in [2.05, 4.69) is 13.8 Å². The van der Waals surface area contributed by atoms with Crippen molar-refractivity contribution >= 4 is 11.9 Å². The lowest BCUT2D eigenvalue weighted by Crippen LogP contribution is -2.07. The van der Waals surface area contributed by atoms with E-state index < -0.39 is 5.82 Å². The van der Waals surface area contributed by atoms with E-state index in [0.717, 1.165) is 51.4 Å². The van der Waals surface area contributed by atoms with Gasteiger partial charge in [0.2, 0.25) is 0 Å². The van der Waals surface area contributed by atoms with Gasteiger partial charge in [0, 0.05) is 18.9 Å². The number of ether oxygens (including phenoxy) is 2. The van der Waals surface area contributed by atoms with Crippen molar-refractivity contribution in [1.82, 2.24) is 0 Å². The Morgan fingerprint density at radius 2 is 1.56 bits per heavy atom. The monoisotopic (exact) mass is 380 g/mol. The first-order chi connectivity index (χ1) is 13.0. The van der Waals surface area contributed by atoms with Gasteiger partial charge in [-0.3, -0.25) is 9.59 Å². The van der Waals surface area contributed by atoms with Gasteiger partial charge in [-0.15, -0.1) is 0 Å². The van der Waals surface area contributed by atoms with E-state index in [1.54, 1.807) is 6.07 Å². The van der Waals surface area contributed by atoms with Gasteiger partial charge in [0.25, 0.3) is 0 Å². The Hall–Kier alpha value is -1.91. The van der Waals surface area contributed by atoms with Crippen LogP contribution in [0.15, 0.2) is 24.3 Å². The molecule has 0 saturated heterocycles. The topological polar surface area (TPSA) is 52.6 Å². The maximum absolute atomic E-state index is 13.0. The lowest BCUT2D eigenvalue weighted by atomic mass is 10.1. The van der Waals surface area contributed by atoms with E-state index in [-0.39, 0.29) is 17.7 Å².